The van der Waals surface area contributed by atoms with E-state index in [2.05, 4.69) is 20.6 Å². The lowest BCUT2D eigenvalue weighted by atomic mass is 10.6. The Hall–Kier alpha value is -0.940. The summed E-state index contributed by atoms with van der Waals surface area (Å²) >= 11 is 0. The summed E-state index contributed by atoms with van der Waals surface area (Å²) < 4.78 is 0. The Balaban J connectivity index is 2.50. The third kappa shape index (κ3) is 1.02. The summed E-state index contributed by atoms with van der Waals surface area (Å²) in [7, 11) is 0. The minimum Gasteiger partial charge on any atom is -0.271 e. The average molecular weight is 113 g/mol. The topological polar surface area (TPSA) is 79.6 Å². The lowest BCUT2D eigenvalue weighted by molar-refractivity contribution is 0.703. The Morgan fingerprint density at radius 2 is 2.75 bits per heavy atom. The van der Waals surface area contributed by atoms with Crippen LogP contribution in [-0.2, 0) is 6.54 Å². The molecule has 0 aliphatic carbocycles. The van der Waals surface area contributed by atoms with E-state index in [1.807, 2.05) is 0 Å². The van der Waals surface area contributed by atoms with E-state index in [0.717, 1.165) is 5.82 Å². The third-order valence-electron chi connectivity index (χ3n) is 0.734. The Bertz CT molecular complexity index is 133. The number of aromatic nitrogens is 3. The second kappa shape index (κ2) is 2.39. The molecule has 4 N–H and O–H groups in total. The monoisotopic (exact) mass is 113 g/mol. The Kier molecular flexibility index (Phi) is 1.55. The largest absolute Gasteiger partial charge is 0.271 e. The van der Waals surface area contributed by atoms with Crippen molar-refractivity contribution >= 4 is 0 Å². The van der Waals surface area contributed by atoms with Gasteiger partial charge in [-0.25, -0.2) is 4.98 Å². The molecular weight excluding hydrogens is 106 g/mol. The number of rotatable bonds is 2. The molecule has 1 aromatic rings. The Morgan fingerprint density at radius 3 is 3.25 bits per heavy atom. The number of nitrogens with two attached hydrogens (primary N) is 1. The molecule has 0 radical (unpaired) electrons. The zero-order chi connectivity index (χ0) is 5.82. The van der Waals surface area contributed by atoms with E-state index in [9.17, 15) is 0 Å². The Morgan fingerprint density at radius 1 is 1.88 bits per heavy atom. The van der Waals surface area contributed by atoms with Crippen molar-refractivity contribution in [3.05, 3.63) is 12.2 Å². The van der Waals surface area contributed by atoms with Crippen molar-refractivity contribution in [1.82, 2.24) is 20.6 Å². The number of nitrogens with zero attached hydrogens (tertiary/aromatic N) is 2. The maximum atomic E-state index is 4.98. The standard InChI is InChI=1S/C3H7N5/c4-6-1-3-5-2-7-8-3/h2,6H,1,4H2,(H,5,7,8). The van der Waals surface area contributed by atoms with Gasteiger partial charge in [0.15, 0.2) is 0 Å². The second-order valence-electron chi connectivity index (χ2n) is 1.31. The maximum absolute atomic E-state index is 4.98. The molecule has 0 saturated carbocycles. The van der Waals surface area contributed by atoms with Crippen LogP contribution in [0.15, 0.2) is 6.33 Å². The smallest absolute Gasteiger partial charge is 0.139 e. The van der Waals surface area contributed by atoms with Gasteiger partial charge in [0.05, 0.1) is 6.54 Å². The van der Waals surface area contributed by atoms with E-state index in [-0.39, 0.29) is 0 Å². The van der Waals surface area contributed by atoms with E-state index in [1.54, 1.807) is 0 Å². The first-order valence-electron chi connectivity index (χ1n) is 2.21. The molecule has 5 heteroatoms. The SMILES string of the molecule is NNCc1ncn[nH]1. The minimum atomic E-state index is 0.528. The van der Waals surface area contributed by atoms with Crippen LogP contribution in [0.1, 0.15) is 5.82 Å². The molecule has 44 valence electrons. The van der Waals surface area contributed by atoms with E-state index in [4.69, 9.17) is 5.84 Å². The number of H-pyrrole nitrogens is 1. The second-order valence-corrected chi connectivity index (χ2v) is 1.31. The van der Waals surface area contributed by atoms with Gasteiger partial charge in [0.25, 0.3) is 0 Å². The van der Waals surface area contributed by atoms with Crippen LogP contribution < -0.4 is 11.3 Å². The summed E-state index contributed by atoms with van der Waals surface area (Å²) in [4.78, 5) is 3.80. The summed E-state index contributed by atoms with van der Waals surface area (Å²) in [6.07, 6.45) is 1.44. The molecule has 1 rings (SSSR count). The molecule has 0 aliphatic rings. The third-order valence-corrected chi connectivity index (χ3v) is 0.734. The summed E-state index contributed by atoms with van der Waals surface area (Å²) in [6.45, 7) is 0.528. The normalized spacial score (nSPS) is 9.62. The van der Waals surface area contributed by atoms with Crippen LogP contribution in [0, 0.1) is 0 Å². The van der Waals surface area contributed by atoms with Crippen molar-refractivity contribution in [2.24, 2.45) is 5.84 Å². The summed E-state index contributed by atoms with van der Waals surface area (Å²) in [5.41, 5.74) is 2.44. The number of hydrazine groups is 1. The lowest BCUT2D eigenvalue weighted by Crippen LogP contribution is -2.21. The van der Waals surface area contributed by atoms with Crippen molar-refractivity contribution < 1.29 is 0 Å². The first kappa shape index (κ1) is 5.20. The molecule has 0 aromatic carbocycles. The van der Waals surface area contributed by atoms with Gasteiger partial charge in [0, 0.05) is 0 Å². The molecule has 0 aliphatic heterocycles. The molecule has 0 spiro atoms. The fourth-order valence-electron chi connectivity index (χ4n) is 0.413. The van der Waals surface area contributed by atoms with E-state index in [1.165, 1.54) is 6.33 Å². The highest BCUT2D eigenvalue weighted by Crippen LogP contribution is 1.79. The zero-order valence-electron chi connectivity index (χ0n) is 4.26. The first-order valence-corrected chi connectivity index (χ1v) is 2.21. The van der Waals surface area contributed by atoms with Crippen LogP contribution in [0.25, 0.3) is 0 Å². The van der Waals surface area contributed by atoms with Gasteiger partial charge in [0.2, 0.25) is 0 Å². The van der Waals surface area contributed by atoms with Crippen LogP contribution >= 0.6 is 0 Å². The van der Waals surface area contributed by atoms with Gasteiger partial charge in [-0.2, -0.15) is 5.10 Å². The van der Waals surface area contributed by atoms with Crippen LogP contribution in [0.4, 0.5) is 0 Å². The van der Waals surface area contributed by atoms with Crippen molar-refractivity contribution in [3.63, 3.8) is 0 Å². The number of nitrogens with one attached hydrogen (secondary N) is 2. The van der Waals surface area contributed by atoms with Crippen molar-refractivity contribution in [2.75, 3.05) is 0 Å². The van der Waals surface area contributed by atoms with Crippen molar-refractivity contribution in [2.45, 2.75) is 6.54 Å². The maximum Gasteiger partial charge on any atom is 0.139 e. The average Bonchev–Trinajstić information content (AvgIpc) is 2.19. The van der Waals surface area contributed by atoms with Gasteiger partial charge in [-0.05, 0) is 0 Å². The van der Waals surface area contributed by atoms with Crippen molar-refractivity contribution in [1.29, 1.82) is 0 Å². The van der Waals surface area contributed by atoms with Crippen LogP contribution in [0.2, 0.25) is 0 Å². The number of hydrogen-bond donors (Lipinski definition) is 3. The summed E-state index contributed by atoms with van der Waals surface area (Å²) in [5, 5.41) is 6.24. The molecule has 0 fully saturated rings. The van der Waals surface area contributed by atoms with Gasteiger partial charge in [0.1, 0.15) is 12.2 Å². The fourth-order valence-corrected chi connectivity index (χ4v) is 0.413. The van der Waals surface area contributed by atoms with Gasteiger partial charge in [-0.1, -0.05) is 0 Å². The molecular formula is C3H7N5. The molecule has 1 aromatic heterocycles. The molecule has 8 heavy (non-hydrogen) atoms. The van der Waals surface area contributed by atoms with Gasteiger partial charge in [-0.15, -0.1) is 0 Å². The summed E-state index contributed by atoms with van der Waals surface area (Å²) in [5.74, 6) is 5.72. The first-order chi connectivity index (χ1) is 3.93. The molecule has 0 saturated heterocycles. The van der Waals surface area contributed by atoms with E-state index >= 15 is 0 Å². The van der Waals surface area contributed by atoms with Crippen LogP contribution in [-0.4, -0.2) is 15.2 Å². The molecule has 1 heterocycles. The predicted octanol–water partition coefficient (Wildman–Crippen LogP) is -1.23. The van der Waals surface area contributed by atoms with Crippen LogP contribution in [0.3, 0.4) is 0 Å². The number of aromatic amines is 1. The Labute approximate surface area is 46.3 Å². The minimum absolute atomic E-state index is 0.528. The van der Waals surface area contributed by atoms with Crippen LogP contribution in [0.5, 0.6) is 0 Å². The predicted molar refractivity (Wildman–Crippen MR) is 27.4 cm³/mol. The fraction of sp³-hybridized carbons (Fsp3) is 0.333. The number of hydrogen-bond acceptors (Lipinski definition) is 4. The molecule has 0 unspecified atom stereocenters. The molecule has 5 nitrogen and oxygen atoms in total. The van der Waals surface area contributed by atoms with Gasteiger partial charge in [-0.3, -0.25) is 16.4 Å². The van der Waals surface area contributed by atoms with E-state index in [0.29, 0.717) is 6.54 Å². The molecule has 0 bridgehead atoms. The van der Waals surface area contributed by atoms with Gasteiger partial charge < -0.3 is 0 Å². The molecule has 0 atom stereocenters. The summed E-state index contributed by atoms with van der Waals surface area (Å²) in [6, 6.07) is 0. The molecule has 0 amide bonds. The zero-order valence-corrected chi connectivity index (χ0v) is 4.26. The van der Waals surface area contributed by atoms with Crippen molar-refractivity contribution in [3.8, 4) is 0 Å². The van der Waals surface area contributed by atoms with E-state index < -0.39 is 0 Å². The highest BCUT2D eigenvalue weighted by Gasteiger charge is 1.88. The highest BCUT2D eigenvalue weighted by molar-refractivity contribution is 4.76. The highest BCUT2D eigenvalue weighted by atomic mass is 15.3. The quantitative estimate of drug-likeness (QED) is 0.331. The van der Waals surface area contributed by atoms with Gasteiger partial charge >= 0.3 is 0 Å². The lowest BCUT2D eigenvalue weighted by Gasteiger charge is -1.88.